The number of hydrogen-bond acceptors (Lipinski definition) is 5. The Morgan fingerprint density at radius 3 is 2.92 bits per heavy atom. The van der Waals surface area contributed by atoms with Crippen LogP contribution in [0.2, 0.25) is 0 Å². The molecule has 1 aliphatic carbocycles. The average Bonchev–Trinajstić information content (AvgIpc) is 3.20. The predicted molar refractivity (Wildman–Crippen MR) is 100 cm³/mol. The first-order valence-corrected chi connectivity index (χ1v) is 9.47. The van der Waals surface area contributed by atoms with Crippen molar-refractivity contribution in [3.05, 3.63) is 46.1 Å². The van der Waals surface area contributed by atoms with Crippen LogP contribution in [0.5, 0.6) is 0 Å². The molecule has 6 heteroatoms. The van der Waals surface area contributed by atoms with Crippen LogP contribution >= 0.6 is 11.3 Å². The molecule has 0 unspecified atom stereocenters. The van der Waals surface area contributed by atoms with Crippen LogP contribution in [-0.4, -0.2) is 21.1 Å². The summed E-state index contributed by atoms with van der Waals surface area (Å²) in [7, 11) is 0. The first-order valence-electron chi connectivity index (χ1n) is 8.66. The highest BCUT2D eigenvalue weighted by Crippen LogP contribution is 2.31. The van der Waals surface area contributed by atoms with E-state index in [1.807, 2.05) is 24.3 Å². The zero-order valence-electron chi connectivity index (χ0n) is 14.4. The third kappa shape index (κ3) is 3.14. The Hall–Kier alpha value is -2.34. The van der Waals surface area contributed by atoms with Crippen molar-refractivity contribution in [2.75, 3.05) is 5.32 Å². The third-order valence-corrected chi connectivity index (χ3v) is 5.28. The van der Waals surface area contributed by atoms with E-state index in [2.05, 4.69) is 29.4 Å². The van der Waals surface area contributed by atoms with Gasteiger partial charge in [-0.3, -0.25) is 15.1 Å². The van der Waals surface area contributed by atoms with Crippen molar-refractivity contribution in [1.29, 1.82) is 0 Å². The van der Waals surface area contributed by atoms with Crippen molar-refractivity contribution in [3.8, 4) is 0 Å². The number of rotatable bonds is 4. The lowest BCUT2D eigenvalue weighted by molar-refractivity contribution is 0.102. The van der Waals surface area contributed by atoms with Gasteiger partial charge in [-0.15, -0.1) is 10.2 Å². The number of amides is 1. The fourth-order valence-electron chi connectivity index (χ4n) is 3.37. The molecule has 0 saturated heterocycles. The number of carbonyl (C=O) groups is 1. The lowest BCUT2D eigenvalue weighted by Gasteiger charge is -2.11. The zero-order chi connectivity index (χ0) is 17.4. The van der Waals surface area contributed by atoms with Gasteiger partial charge in [-0.25, -0.2) is 0 Å². The number of benzene rings is 1. The number of fused-ring (bicyclic) bond motifs is 2. The molecule has 0 fully saturated rings. The number of aromatic nitrogens is 3. The van der Waals surface area contributed by atoms with E-state index in [1.54, 1.807) is 0 Å². The minimum absolute atomic E-state index is 0.107. The standard InChI is InChI=1S/C19H20N4OS/c1-11(2)10-16-22-23-19(25-16)21-18(24)17-12-6-3-4-8-14(12)20-15-9-5-7-13(15)17/h3-4,6,8,11H,5,7,9-10H2,1-2H3,(H,21,23,24). The number of hydrogen-bond donors (Lipinski definition) is 1. The minimum atomic E-state index is -0.107. The lowest BCUT2D eigenvalue weighted by Crippen LogP contribution is -2.15. The van der Waals surface area contributed by atoms with Gasteiger partial charge < -0.3 is 0 Å². The van der Waals surface area contributed by atoms with E-state index in [-0.39, 0.29) is 5.91 Å². The topological polar surface area (TPSA) is 67.8 Å². The molecule has 1 amide bonds. The van der Waals surface area contributed by atoms with Crippen molar-refractivity contribution in [1.82, 2.24) is 15.2 Å². The predicted octanol–water partition coefficient (Wildman–Crippen LogP) is 4.03. The quantitative estimate of drug-likeness (QED) is 0.770. The molecule has 4 rings (SSSR count). The summed E-state index contributed by atoms with van der Waals surface area (Å²) < 4.78 is 0. The maximum Gasteiger partial charge on any atom is 0.258 e. The second-order valence-electron chi connectivity index (χ2n) is 6.84. The molecule has 1 aromatic carbocycles. The molecular formula is C19H20N4OS. The number of nitrogens with zero attached hydrogens (tertiary/aromatic N) is 3. The molecule has 3 aromatic rings. The highest BCUT2D eigenvalue weighted by Gasteiger charge is 2.24. The van der Waals surface area contributed by atoms with Gasteiger partial charge in [0.1, 0.15) is 5.01 Å². The van der Waals surface area contributed by atoms with Crippen LogP contribution in [0.25, 0.3) is 10.9 Å². The van der Waals surface area contributed by atoms with Crippen LogP contribution < -0.4 is 5.32 Å². The van der Waals surface area contributed by atoms with E-state index in [1.165, 1.54) is 11.3 Å². The van der Waals surface area contributed by atoms with Crippen LogP contribution in [-0.2, 0) is 19.3 Å². The Labute approximate surface area is 150 Å². The van der Waals surface area contributed by atoms with Gasteiger partial charge in [0.25, 0.3) is 5.91 Å². The van der Waals surface area contributed by atoms with Gasteiger partial charge in [0.05, 0.1) is 11.1 Å². The Morgan fingerprint density at radius 1 is 1.24 bits per heavy atom. The largest absolute Gasteiger partial charge is 0.296 e. The summed E-state index contributed by atoms with van der Waals surface area (Å²) in [6.07, 6.45) is 3.78. The van der Waals surface area contributed by atoms with E-state index in [4.69, 9.17) is 4.98 Å². The normalized spacial score (nSPS) is 13.4. The smallest absolute Gasteiger partial charge is 0.258 e. The molecular weight excluding hydrogens is 332 g/mol. The molecule has 0 radical (unpaired) electrons. The summed E-state index contributed by atoms with van der Waals surface area (Å²) in [6, 6.07) is 7.85. The molecule has 5 nitrogen and oxygen atoms in total. The Morgan fingerprint density at radius 2 is 2.08 bits per heavy atom. The van der Waals surface area contributed by atoms with Gasteiger partial charge in [0.2, 0.25) is 5.13 Å². The second kappa shape index (κ2) is 6.52. The fraction of sp³-hybridized carbons (Fsp3) is 0.368. The summed E-state index contributed by atoms with van der Waals surface area (Å²) in [5, 5.41) is 13.7. The summed E-state index contributed by atoms with van der Waals surface area (Å²) in [6.45, 7) is 4.29. The summed E-state index contributed by atoms with van der Waals surface area (Å²) in [5.41, 5.74) is 3.77. The fourth-order valence-corrected chi connectivity index (χ4v) is 4.31. The van der Waals surface area contributed by atoms with E-state index in [0.717, 1.165) is 58.4 Å². The van der Waals surface area contributed by atoms with Gasteiger partial charge in [-0.05, 0) is 36.8 Å². The first-order chi connectivity index (χ1) is 12.1. The number of para-hydroxylation sites is 1. The number of pyridine rings is 1. The lowest BCUT2D eigenvalue weighted by atomic mass is 10.0. The van der Waals surface area contributed by atoms with Crippen LogP contribution in [0.3, 0.4) is 0 Å². The van der Waals surface area contributed by atoms with E-state index in [0.29, 0.717) is 11.0 Å². The summed E-state index contributed by atoms with van der Waals surface area (Å²) in [4.78, 5) is 17.8. The van der Waals surface area contributed by atoms with Gasteiger partial charge in [0.15, 0.2) is 0 Å². The molecule has 0 spiro atoms. The highest BCUT2D eigenvalue weighted by atomic mass is 32.1. The van der Waals surface area contributed by atoms with Crippen LogP contribution in [0.4, 0.5) is 5.13 Å². The number of nitrogens with one attached hydrogen (secondary N) is 1. The zero-order valence-corrected chi connectivity index (χ0v) is 15.2. The van der Waals surface area contributed by atoms with E-state index < -0.39 is 0 Å². The van der Waals surface area contributed by atoms with Crippen LogP contribution in [0, 0.1) is 5.92 Å². The van der Waals surface area contributed by atoms with Crippen LogP contribution in [0.15, 0.2) is 24.3 Å². The molecule has 25 heavy (non-hydrogen) atoms. The van der Waals surface area contributed by atoms with Crippen molar-refractivity contribution in [2.45, 2.75) is 39.5 Å². The summed E-state index contributed by atoms with van der Waals surface area (Å²) >= 11 is 1.45. The number of aryl methyl sites for hydroxylation is 1. The maximum absolute atomic E-state index is 13.0. The molecule has 2 heterocycles. The van der Waals surface area contributed by atoms with Gasteiger partial charge >= 0.3 is 0 Å². The minimum Gasteiger partial charge on any atom is -0.296 e. The summed E-state index contributed by atoms with van der Waals surface area (Å²) in [5.74, 6) is 0.410. The van der Waals surface area contributed by atoms with Crippen molar-refractivity contribution >= 4 is 33.3 Å². The Bertz CT molecular complexity index is 948. The second-order valence-corrected chi connectivity index (χ2v) is 7.90. The SMILES string of the molecule is CC(C)Cc1nnc(NC(=O)c2c3c(nc4ccccc24)CCC3)s1. The Kier molecular flexibility index (Phi) is 4.21. The van der Waals surface area contributed by atoms with Gasteiger partial charge in [-0.2, -0.15) is 0 Å². The number of carbonyl (C=O) groups excluding carboxylic acids is 1. The van der Waals surface area contributed by atoms with Crippen LogP contribution in [0.1, 0.15) is 46.9 Å². The molecule has 0 saturated carbocycles. The van der Waals surface area contributed by atoms with E-state index in [9.17, 15) is 4.79 Å². The third-order valence-electron chi connectivity index (χ3n) is 4.42. The highest BCUT2D eigenvalue weighted by molar-refractivity contribution is 7.15. The first kappa shape index (κ1) is 16.1. The van der Waals surface area contributed by atoms with Gasteiger partial charge in [0, 0.05) is 17.5 Å². The number of anilines is 1. The molecule has 2 aromatic heterocycles. The molecule has 1 N–H and O–H groups in total. The van der Waals surface area contributed by atoms with Crippen molar-refractivity contribution in [2.24, 2.45) is 5.92 Å². The molecule has 0 bridgehead atoms. The monoisotopic (exact) mass is 352 g/mol. The van der Waals surface area contributed by atoms with Crippen molar-refractivity contribution < 1.29 is 4.79 Å². The van der Waals surface area contributed by atoms with Gasteiger partial charge in [-0.1, -0.05) is 43.4 Å². The molecule has 0 atom stereocenters. The maximum atomic E-state index is 13.0. The Balaban J connectivity index is 1.69. The average molecular weight is 352 g/mol. The van der Waals surface area contributed by atoms with E-state index >= 15 is 0 Å². The molecule has 128 valence electrons. The molecule has 0 aliphatic heterocycles. The molecule has 1 aliphatic rings. The van der Waals surface area contributed by atoms with Crippen molar-refractivity contribution in [3.63, 3.8) is 0 Å².